The molecule has 0 unspecified atom stereocenters. The number of hydrogen-bond donors (Lipinski definition) is 2. The lowest BCUT2D eigenvalue weighted by molar-refractivity contribution is -0.387. The van der Waals surface area contributed by atoms with Crippen molar-refractivity contribution in [2.45, 2.75) is 0 Å². The summed E-state index contributed by atoms with van der Waals surface area (Å²) in [5.41, 5.74) is -0.764. The lowest BCUT2D eigenvalue weighted by Gasteiger charge is -1.97. The van der Waals surface area contributed by atoms with Crippen LogP contribution in [0.3, 0.4) is 0 Å². The van der Waals surface area contributed by atoms with Crippen LogP contribution in [-0.4, -0.2) is 21.1 Å². The van der Waals surface area contributed by atoms with Gasteiger partial charge >= 0.3 is 11.7 Å². The van der Waals surface area contributed by atoms with Gasteiger partial charge in [0.15, 0.2) is 0 Å². The number of rotatable bonds is 3. The molecule has 0 aromatic heterocycles. The number of benzene rings is 1. The molecule has 7 heteroatoms. The fourth-order valence-electron chi connectivity index (χ4n) is 0.979. The number of aliphatic hydroxyl groups is 1. The van der Waals surface area contributed by atoms with Crippen LogP contribution in [0.4, 0.5) is 10.1 Å². The number of nitro benzene ring substituents is 1. The van der Waals surface area contributed by atoms with E-state index in [0.29, 0.717) is 0 Å². The Bertz CT molecular complexity index is 483. The topological polar surface area (TPSA) is 101 Å². The minimum absolute atomic E-state index is 0.0213. The molecule has 0 aliphatic rings. The predicted molar refractivity (Wildman–Crippen MR) is 51.3 cm³/mol. The molecule has 0 heterocycles. The molecular formula is C9H6FNO5. The zero-order chi connectivity index (χ0) is 12.3. The highest BCUT2D eigenvalue weighted by molar-refractivity contribution is 5.89. The molecule has 84 valence electrons. The Balaban J connectivity index is 3.18. The number of carboxylic acid groups (broad SMARTS) is 1. The Labute approximate surface area is 88.4 Å². The van der Waals surface area contributed by atoms with Crippen LogP contribution in [0.15, 0.2) is 24.0 Å². The molecule has 16 heavy (non-hydrogen) atoms. The maximum atomic E-state index is 12.9. The molecule has 0 fully saturated rings. The first-order chi connectivity index (χ1) is 7.41. The third-order valence-corrected chi connectivity index (χ3v) is 1.69. The quantitative estimate of drug-likeness (QED) is 0.354. The van der Waals surface area contributed by atoms with Gasteiger partial charge in [-0.1, -0.05) is 6.07 Å². The van der Waals surface area contributed by atoms with Gasteiger partial charge in [0.05, 0.1) is 4.92 Å². The monoisotopic (exact) mass is 227 g/mol. The molecule has 1 aromatic rings. The highest BCUT2D eigenvalue weighted by Crippen LogP contribution is 2.19. The van der Waals surface area contributed by atoms with E-state index in [2.05, 4.69) is 0 Å². The number of aliphatic carboxylic acids is 1. The number of nitrogens with zero attached hydrogens (tertiary/aromatic N) is 1. The second-order valence-corrected chi connectivity index (χ2v) is 2.80. The summed E-state index contributed by atoms with van der Waals surface area (Å²) in [5.74, 6) is -3.59. The first-order valence-electron chi connectivity index (χ1n) is 3.99. The van der Waals surface area contributed by atoms with Gasteiger partial charge in [0.25, 0.3) is 0 Å². The van der Waals surface area contributed by atoms with Crippen molar-refractivity contribution in [1.82, 2.24) is 0 Å². The molecule has 6 nitrogen and oxygen atoms in total. The molecule has 0 atom stereocenters. The first-order valence-corrected chi connectivity index (χ1v) is 3.99. The highest BCUT2D eigenvalue weighted by atomic mass is 19.1. The Kier molecular flexibility index (Phi) is 3.19. The minimum atomic E-state index is -1.58. The second kappa shape index (κ2) is 4.39. The second-order valence-electron chi connectivity index (χ2n) is 2.80. The molecule has 0 saturated carbocycles. The van der Waals surface area contributed by atoms with Crippen LogP contribution in [0.1, 0.15) is 5.56 Å². The fourth-order valence-corrected chi connectivity index (χ4v) is 0.979. The number of nitro groups is 1. The average molecular weight is 227 g/mol. The number of carbonyl (C=O) groups is 1. The van der Waals surface area contributed by atoms with Crippen LogP contribution in [0.5, 0.6) is 0 Å². The van der Waals surface area contributed by atoms with Gasteiger partial charge in [0.2, 0.25) is 11.6 Å². The summed E-state index contributed by atoms with van der Waals surface area (Å²) < 4.78 is 12.9. The fraction of sp³-hybridized carbons (Fsp3) is 0. The molecule has 0 radical (unpaired) electrons. The van der Waals surface area contributed by atoms with E-state index in [1.807, 2.05) is 0 Å². The molecule has 0 aliphatic carbocycles. The van der Waals surface area contributed by atoms with Crippen LogP contribution in [0, 0.1) is 15.9 Å². The van der Waals surface area contributed by atoms with Crippen molar-refractivity contribution in [2.75, 3.05) is 0 Å². The smallest absolute Gasteiger partial charge is 0.370 e. The van der Waals surface area contributed by atoms with Crippen molar-refractivity contribution in [1.29, 1.82) is 0 Å². The summed E-state index contributed by atoms with van der Waals surface area (Å²) in [6.45, 7) is 0. The molecule has 0 amide bonds. The lowest BCUT2D eigenvalue weighted by atomic mass is 10.1. The van der Waals surface area contributed by atoms with Gasteiger partial charge in [-0.15, -0.1) is 0 Å². The van der Waals surface area contributed by atoms with Crippen molar-refractivity contribution < 1.29 is 24.3 Å². The van der Waals surface area contributed by atoms with E-state index in [9.17, 15) is 19.3 Å². The molecule has 1 rings (SSSR count). The Morgan fingerprint density at radius 3 is 2.56 bits per heavy atom. The minimum Gasteiger partial charge on any atom is -0.502 e. The van der Waals surface area contributed by atoms with Crippen LogP contribution >= 0.6 is 0 Å². The summed E-state index contributed by atoms with van der Waals surface area (Å²) in [6.07, 6.45) is 0.786. The highest BCUT2D eigenvalue weighted by Gasteiger charge is 2.14. The van der Waals surface area contributed by atoms with Gasteiger partial charge in [-0.05, 0) is 17.7 Å². The van der Waals surface area contributed by atoms with Gasteiger partial charge < -0.3 is 10.2 Å². The van der Waals surface area contributed by atoms with Gasteiger partial charge in [0, 0.05) is 6.07 Å². The standard InChI is InChI=1S/C9H6FNO5/c10-6-2-1-5(3-7(6)11(15)16)4-8(12)9(13)14/h1-4,12H,(H,13,14)/b8-4-. The predicted octanol–water partition coefficient (Wildman–Crippen LogP) is 1.72. The molecule has 0 spiro atoms. The first kappa shape index (κ1) is 11.6. The Morgan fingerprint density at radius 2 is 2.06 bits per heavy atom. The molecule has 0 aliphatic heterocycles. The molecule has 1 aromatic carbocycles. The van der Waals surface area contributed by atoms with E-state index >= 15 is 0 Å². The van der Waals surface area contributed by atoms with Gasteiger partial charge in [-0.25, -0.2) is 4.79 Å². The van der Waals surface area contributed by atoms with E-state index in [0.717, 1.165) is 24.3 Å². The van der Waals surface area contributed by atoms with Gasteiger partial charge in [-0.2, -0.15) is 4.39 Å². The number of halogens is 1. The number of hydrogen-bond acceptors (Lipinski definition) is 4. The molecular weight excluding hydrogens is 221 g/mol. The van der Waals surface area contributed by atoms with Crippen molar-refractivity contribution in [2.24, 2.45) is 0 Å². The van der Waals surface area contributed by atoms with E-state index in [4.69, 9.17) is 10.2 Å². The van der Waals surface area contributed by atoms with E-state index < -0.39 is 28.2 Å². The van der Waals surface area contributed by atoms with Crippen LogP contribution in [-0.2, 0) is 4.79 Å². The van der Waals surface area contributed by atoms with Crippen LogP contribution in [0.25, 0.3) is 6.08 Å². The average Bonchev–Trinajstić information content (AvgIpc) is 2.20. The maximum Gasteiger partial charge on any atom is 0.370 e. The van der Waals surface area contributed by atoms with Gasteiger partial charge in [-0.3, -0.25) is 10.1 Å². The summed E-state index contributed by atoms with van der Waals surface area (Å²) in [6, 6.07) is 2.76. The number of aliphatic hydroxyl groups excluding tert-OH is 1. The third kappa shape index (κ3) is 2.53. The van der Waals surface area contributed by atoms with E-state index in [1.165, 1.54) is 0 Å². The maximum absolute atomic E-state index is 12.9. The van der Waals surface area contributed by atoms with Crippen molar-refractivity contribution in [3.63, 3.8) is 0 Å². The van der Waals surface area contributed by atoms with Gasteiger partial charge in [0.1, 0.15) is 0 Å². The van der Waals surface area contributed by atoms with Crippen molar-refractivity contribution in [3.8, 4) is 0 Å². The Morgan fingerprint density at radius 1 is 1.44 bits per heavy atom. The van der Waals surface area contributed by atoms with Crippen molar-refractivity contribution >= 4 is 17.7 Å². The zero-order valence-corrected chi connectivity index (χ0v) is 7.75. The SMILES string of the molecule is O=C(O)/C(O)=C/c1ccc(F)c([N+](=O)[O-])c1. The van der Waals surface area contributed by atoms with Crippen LogP contribution < -0.4 is 0 Å². The molecule has 2 N–H and O–H groups in total. The normalized spacial score (nSPS) is 11.2. The van der Waals surface area contributed by atoms with Crippen LogP contribution in [0.2, 0.25) is 0 Å². The zero-order valence-electron chi connectivity index (χ0n) is 7.75. The number of carboxylic acids is 1. The van der Waals surface area contributed by atoms with E-state index in [-0.39, 0.29) is 5.56 Å². The third-order valence-electron chi connectivity index (χ3n) is 1.69. The van der Waals surface area contributed by atoms with E-state index in [1.54, 1.807) is 0 Å². The Hall–Kier alpha value is -2.44. The largest absolute Gasteiger partial charge is 0.502 e. The summed E-state index contributed by atoms with van der Waals surface area (Å²) >= 11 is 0. The lowest BCUT2D eigenvalue weighted by Crippen LogP contribution is -1.99. The molecule has 0 bridgehead atoms. The summed E-state index contributed by atoms with van der Waals surface area (Å²) in [7, 11) is 0. The summed E-state index contributed by atoms with van der Waals surface area (Å²) in [4.78, 5) is 19.7. The summed E-state index contributed by atoms with van der Waals surface area (Å²) in [5, 5.41) is 27.6. The molecule has 0 saturated heterocycles. The van der Waals surface area contributed by atoms with Crippen molar-refractivity contribution in [3.05, 3.63) is 45.5 Å².